The highest BCUT2D eigenvalue weighted by Gasteiger charge is 2.28. The normalized spacial score (nSPS) is 15.7. The highest BCUT2D eigenvalue weighted by Crippen LogP contribution is 2.27. The molecule has 23 heavy (non-hydrogen) atoms. The van der Waals surface area contributed by atoms with Crippen molar-refractivity contribution in [2.24, 2.45) is 7.05 Å². The van der Waals surface area contributed by atoms with Crippen LogP contribution < -0.4 is 5.32 Å². The highest BCUT2D eigenvalue weighted by atomic mass is 35.5. The first-order valence-electron chi connectivity index (χ1n) is 7.33. The van der Waals surface area contributed by atoms with Crippen LogP contribution in [0.15, 0.2) is 28.7 Å². The summed E-state index contributed by atoms with van der Waals surface area (Å²) in [4.78, 5) is 1.03. The van der Waals surface area contributed by atoms with Crippen molar-refractivity contribution in [2.75, 3.05) is 13.1 Å². The molecule has 2 aromatic heterocycles. The van der Waals surface area contributed by atoms with Gasteiger partial charge in [0.25, 0.3) is 10.0 Å². The van der Waals surface area contributed by atoms with Gasteiger partial charge in [-0.15, -0.1) is 23.7 Å². The average molecular weight is 377 g/mol. The summed E-state index contributed by atoms with van der Waals surface area (Å²) in [6.07, 6.45) is 5.71. The molecule has 0 spiro atoms. The Morgan fingerprint density at radius 2 is 2.00 bits per heavy atom. The lowest BCUT2D eigenvalue weighted by Crippen LogP contribution is -2.27. The van der Waals surface area contributed by atoms with Crippen molar-refractivity contribution in [1.82, 2.24) is 19.4 Å². The van der Waals surface area contributed by atoms with Crippen molar-refractivity contribution in [2.45, 2.75) is 30.1 Å². The zero-order valence-electron chi connectivity index (χ0n) is 12.9. The van der Waals surface area contributed by atoms with Gasteiger partial charge in [-0.1, -0.05) is 0 Å². The van der Waals surface area contributed by atoms with Crippen LogP contribution in [-0.2, 0) is 30.2 Å². The summed E-state index contributed by atoms with van der Waals surface area (Å²) in [6, 6.07) is 3.61. The van der Waals surface area contributed by atoms with Gasteiger partial charge in [0.2, 0.25) is 0 Å². The van der Waals surface area contributed by atoms with Gasteiger partial charge in [-0.3, -0.25) is 4.68 Å². The zero-order chi connectivity index (χ0) is 15.6. The molecule has 3 rings (SSSR count). The molecule has 0 saturated carbocycles. The van der Waals surface area contributed by atoms with Crippen LogP contribution in [0, 0.1) is 0 Å². The fourth-order valence-electron chi connectivity index (χ4n) is 2.54. The number of thiophene rings is 1. The predicted octanol–water partition coefficient (Wildman–Crippen LogP) is 1.98. The van der Waals surface area contributed by atoms with E-state index < -0.39 is 10.0 Å². The Morgan fingerprint density at radius 3 is 2.65 bits per heavy atom. The van der Waals surface area contributed by atoms with E-state index in [9.17, 15) is 8.42 Å². The van der Waals surface area contributed by atoms with E-state index in [1.54, 1.807) is 15.1 Å². The Bertz CT molecular complexity index is 736. The van der Waals surface area contributed by atoms with Crippen molar-refractivity contribution < 1.29 is 8.42 Å². The number of nitrogens with zero attached hydrogens (tertiary/aromatic N) is 3. The van der Waals surface area contributed by atoms with E-state index in [2.05, 4.69) is 10.4 Å². The number of rotatable bonds is 6. The van der Waals surface area contributed by atoms with Crippen molar-refractivity contribution >= 4 is 33.8 Å². The highest BCUT2D eigenvalue weighted by molar-refractivity contribution is 7.91. The van der Waals surface area contributed by atoms with Crippen molar-refractivity contribution in [3.05, 3.63) is 35.0 Å². The second kappa shape index (κ2) is 7.76. The summed E-state index contributed by atoms with van der Waals surface area (Å²) in [5, 5.41) is 7.43. The Labute approximate surface area is 147 Å². The molecule has 0 amide bonds. The minimum Gasteiger partial charge on any atom is -0.308 e. The molecule has 1 aliphatic rings. The van der Waals surface area contributed by atoms with E-state index in [0.29, 0.717) is 23.8 Å². The van der Waals surface area contributed by atoms with Crippen LogP contribution in [-0.4, -0.2) is 35.6 Å². The minimum atomic E-state index is -3.28. The van der Waals surface area contributed by atoms with Gasteiger partial charge in [0.15, 0.2) is 0 Å². The molecule has 1 N–H and O–H groups in total. The van der Waals surface area contributed by atoms with Crippen LogP contribution in [0.25, 0.3) is 0 Å². The van der Waals surface area contributed by atoms with E-state index >= 15 is 0 Å². The van der Waals surface area contributed by atoms with Gasteiger partial charge in [0.05, 0.1) is 6.20 Å². The molecule has 0 atom stereocenters. The maximum Gasteiger partial charge on any atom is 0.252 e. The zero-order valence-corrected chi connectivity index (χ0v) is 15.4. The van der Waals surface area contributed by atoms with Crippen molar-refractivity contribution in [3.63, 3.8) is 0 Å². The summed E-state index contributed by atoms with van der Waals surface area (Å²) >= 11 is 1.35. The largest absolute Gasteiger partial charge is 0.308 e. The third kappa shape index (κ3) is 4.33. The number of aryl methyl sites for hydroxylation is 1. The topological polar surface area (TPSA) is 67.2 Å². The molecule has 0 aliphatic carbocycles. The maximum atomic E-state index is 12.5. The number of hydrogen-bond donors (Lipinski definition) is 1. The van der Waals surface area contributed by atoms with Crippen LogP contribution >= 0.6 is 23.7 Å². The molecule has 0 aromatic carbocycles. The fraction of sp³-hybridized carbons (Fsp3) is 0.500. The summed E-state index contributed by atoms with van der Waals surface area (Å²) in [6.45, 7) is 2.68. The summed E-state index contributed by atoms with van der Waals surface area (Å²) < 4.78 is 28.7. The van der Waals surface area contributed by atoms with Gasteiger partial charge in [0, 0.05) is 49.9 Å². The molecular formula is C14H21ClN4O2S2. The molecular weight excluding hydrogens is 356 g/mol. The van der Waals surface area contributed by atoms with Gasteiger partial charge >= 0.3 is 0 Å². The second-order valence-corrected chi connectivity index (χ2v) is 8.79. The van der Waals surface area contributed by atoms with E-state index in [0.717, 1.165) is 29.8 Å². The van der Waals surface area contributed by atoms with Crippen LogP contribution in [0.3, 0.4) is 0 Å². The summed E-state index contributed by atoms with van der Waals surface area (Å²) in [5.74, 6) is 0. The van der Waals surface area contributed by atoms with Gasteiger partial charge < -0.3 is 5.32 Å². The van der Waals surface area contributed by atoms with E-state index in [1.807, 2.05) is 25.5 Å². The molecule has 6 nitrogen and oxygen atoms in total. The standard InChI is InChI=1S/C14H20N4O2S2.ClH/c1-17-11-12(9-16-17)8-15-10-13-4-5-14(21-13)22(19,20)18-6-2-3-7-18;/h4-5,9,11,15H,2-3,6-8,10H2,1H3;1H. The number of nitrogens with one attached hydrogen (secondary N) is 1. The van der Waals surface area contributed by atoms with Crippen molar-refractivity contribution in [3.8, 4) is 0 Å². The molecule has 3 heterocycles. The molecule has 2 aromatic rings. The van der Waals surface area contributed by atoms with Crippen LogP contribution in [0.2, 0.25) is 0 Å². The smallest absolute Gasteiger partial charge is 0.252 e. The average Bonchev–Trinajstić information content (AvgIpc) is 3.19. The van der Waals surface area contributed by atoms with Gasteiger partial charge in [0.1, 0.15) is 4.21 Å². The molecule has 1 aliphatic heterocycles. The van der Waals surface area contributed by atoms with Crippen LogP contribution in [0.5, 0.6) is 0 Å². The monoisotopic (exact) mass is 376 g/mol. The summed E-state index contributed by atoms with van der Waals surface area (Å²) in [7, 11) is -1.39. The molecule has 1 fully saturated rings. The predicted molar refractivity (Wildman–Crippen MR) is 93.3 cm³/mol. The molecule has 128 valence electrons. The minimum absolute atomic E-state index is 0. The first kappa shape index (κ1) is 18.4. The Kier molecular flexibility index (Phi) is 6.21. The Hall–Kier alpha value is -0.930. The second-order valence-electron chi connectivity index (χ2n) is 5.46. The third-order valence-electron chi connectivity index (χ3n) is 3.68. The number of aromatic nitrogens is 2. The van der Waals surface area contributed by atoms with Gasteiger partial charge in [-0.05, 0) is 25.0 Å². The summed E-state index contributed by atoms with van der Waals surface area (Å²) in [5.41, 5.74) is 1.11. The fourth-order valence-corrected chi connectivity index (χ4v) is 5.54. The number of halogens is 1. The molecule has 9 heteroatoms. The maximum absolute atomic E-state index is 12.5. The first-order valence-corrected chi connectivity index (χ1v) is 9.58. The lowest BCUT2D eigenvalue weighted by atomic mass is 10.3. The number of sulfonamides is 1. The van der Waals surface area contributed by atoms with Gasteiger partial charge in [-0.2, -0.15) is 9.40 Å². The molecule has 0 radical (unpaired) electrons. The first-order chi connectivity index (χ1) is 10.6. The molecule has 0 bridgehead atoms. The Morgan fingerprint density at radius 1 is 1.26 bits per heavy atom. The van der Waals surface area contributed by atoms with Crippen LogP contribution in [0.4, 0.5) is 0 Å². The lowest BCUT2D eigenvalue weighted by Gasteiger charge is -2.13. The van der Waals surface area contributed by atoms with E-state index in [1.165, 1.54) is 11.3 Å². The van der Waals surface area contributed by atoms with E-state index in [4.69, 9.17) is 0 Å². The molecule has 0 unspecified atom stereocenters. The lowest BCUT2D eigenvalue weighted by molar-refractivity contribution is 0.479. The number of hydrogen-bond acceptors (Lipinski definition) is 5. The van der Waals surface area contributed by atoms with Crippen molar-refractivity contribution in [1.29, 1.82) is 0 Å². The van der Waals surface area contributed by atoms with E-state index in [-0.39, 0.29) is 12.4 Å². The van der Waals surface area contributed by atoms with Crippen LogP contribution in [0.1, 0.15) is 23.3 Å². The quantitative estimate of drug-likeness (QED) is 0.837. The Balaban J connectivity index is 0.00000192. The van der Waals surface area contributed by atoms with Gasteiger partial charge in [-0.25, -0.2) is 8.42 Å². The third-order valence-corrected chi connectivity index (χ3v) is 7.13. The SMILES string of the molecule is Cl.Cn1cc(CNCc2ccc(S(=O)(=O)N3CCCC3)s2)cn1. The molecule has 1 saturated heterocycles.